The van der Waals surface area contributed by atoms with Crippen LogP contribution in [0.4, 0.5) is 13.2 Å². The molecule has 1 aromatic carbocycles. The average molecular weight is 349 g/mol. The predicted octanol–water partition coefficient (Wildman–Crippen LogP) is 5.06. The van der Waals surface area contributed by atoms with E-state index >= 15 is 0 Å². The average Bonchev–Trinajstić information content (AvgIpc) is 3.24. The number of benzene rings is 1. The molecule has 2 aromatic rings. The first-order chi connectivity index (χ1) is 11.9. The van der Waals surface area contributed by atoms with E-state index in [4.69, 9.17) is 4.42 Å². The normalized spacial score (nSPS) is 16.2. The number of hydrogen-bond donors (Lipinski definition) is 0. The van der Waals surface area contributed by atoms with Crippen molar-refractivity contribution in [2.45, 2.75) is 38.0 Å². The summed E-state index contributed by atoms with van der Waals surface area (Å²) in [6, 6.07) is 8.32. The van der Waals surface area contributed by atoms with Crippen LogP contribution in [0.25, 0.3) is 6.08 Å². The van der Waals surface area contributed by atoms with Crippen LogP contribution in [0, 0.1) is 0 Å². The minimum atomic E-state index is -4.36. The van der Waals surface area contributed by atoms with Crippen LogP contribution in [-0.2, 0) is 11.0 Å². The van der Waals surface area contributed by atoms with Crippen LogP contribution in [-0.4, -0.2) is 16.8 Å². The number of alkyl halides is 3. The van der Waals surface area contributed by atoms with Crippen LogP contribution in [0.1, 0.15) is 42.7 Å². The van der Waals surface area contributed by atoms with Gasteiger partial charge in [0.1, 0.15) is 5.76 Å². The zero-order chi connectivity index (χ0) is 18.0. The fourth-order valence-electron chi connectivity index (χ4n) is 2.74. The van der Waals surface area contributed by atoms with Crippen molar-refractivity contribution in [3.8, 4) is 0 Å². The van der Waals surface area contributed by atoms with Gasteiger partial charge in [-0.05, 0) is 55.7 Å². The van der Waals surface area contributed by atoms with E-state index in [1.807, 2.05) is 13.0 Å². The smallest absolute Gasteiger partial charge is 0.416 e. The van der Waals surface area contributed by atoms with Crippen molar-refractivity contribution >= 4 is 12.0 Å². The van der Waals surface area contributed by atoms with Crippen LogP contribution in [0.5, 0.6) is 0 Å². The molecule has 0 aliphatic heterocycles. The highest BCUT2D eigenvalue weighted by Gasteiger charge is 2.36. The highest BCUT2D eigenvalue weighted by Crippen LogP contribution is 2.35. The van der Waals surface area contributed by atoms with Gasteiger partial charge in [0, 0.05) is 12.1 Å². The lowest BCUT2D eigenvalue weighted by Gasteiger charge is -2.26. The molecule has 1 aliphatic carbocycles. The minimum Gasteiger partial charge on any atom is -0.467 e. The summed E-state index contributed by atoms with van der Waals surface area (Å²) in [4.78, 5) is 14.3. The molecule has 1 aliphatic rings. The first-order valence-electron chi connectivity index (χ1n) is 8.07. The molecule has 0 spiro atoms. The molecule has 132 valence electrons. The third-order valence-electron chi connectivity index (χ3n) is 4.22. The van der Waals surface area contributed by atoms with Gasteiger partial charge in [0.15, 0.2) is 0 Å². The largest absolute Gasteiger partial charge is 0.467 e. The molecule has 1 amide bonds. The molecular formula is C19H18F3NO2. The number of rotatable bonds is 5. The van der Waals surface area contributed by atoms with Crippen LogP contribution in [0.3, 0.4) is 0 Å². The Hall–Kier alpha value is -2.50. The number of carbonyl (C=O) groups excluding carboxylic acids is 1. The number of nitrogens with zero attached hydrogens (tertiary/aromatic N) is 1. The first-order valence-corrected chi connectivity index (χ1v) is 8.07. The standard InChI is InChI=1S/C19H18F3NO2/c1-13(17-3-2-12-25-17)23(16-9-10-16)18(24)11-6-14-4-7-15(8-5-14)19(20,21)22/h2-8,11-13,16H,9-10H2,1H3/b11-6+. The summed E-state index contributed by atoms with van der Waals surface area (Å²) in [5, 5.41) is 0. The first kappa shape index (κ1) is 17.3. The number of furan rings is 1. The van der Waals surface area contributed by atoms with E-state index in [0.29, 0.717) is 11.3 Å². The monoisotopic (exact) mass is 349 g/mol. The Kier molecular flexibility index (Phi) is 4.70. The molecule has 1 unspecified atom stereocenters. The van der Waals surface area contributed by atoms with Gasteiger partial charge in [-0.2, -0.15) is 13.2 Å². The Morgan fingerprint density at radius 3 is 2.44 bits per heavy atom. The lowest BCUT2D eigenvalue weighted by Crippen LogP contribution is -2.34. The molecule has 1 saturated carbocycles. The van der Waals surface area contributed by atoms with E-state index in [1.54, 1.807) is 17.2 Å². The molecule has 3 rings (SSSR count). The van der Waals surface area contributed by atoms with E-state index in [-0.39, 0.29) is 18.0 Å². The second-order valence-electron chi connectivity index (χ2n) is 6.12. The van der Waals surface area contributed by atoms with Crippen LogP contribution < -0.4 is 0 Å². The highest BCUT2D eigenvalue weighted by atomic mass is 19.4. The molecule has 1 heterocycles. The van der Waals surface area contributed by atoms with Crippen molar-refractivity contribution in [3.05, 3.63) is 65.6 Å². The molecule has 0 N–H and O–H groups in total. The maximum Gasteiger partial charge on any atom is 0.416 e. The second kappa shape index (κ2) is 6.78. The third-order valence-corrected chi connectivity index (χ3v) is 4.22. The van der Waals surface area contributed by atoms with Crippen molar-refractivity contribution in [1.29, 1.82) is 0 Å². The highest BCUT2D eigenvalue weighted by molar-refractivity contribution is 5.92. The van der Waals surface area contributed by atoms with Gasteiger partial charge in [-0.1, -0.05) is 12.1 Å². The zero-order valence-corrected chi connectivity index (χ0v) is 13.7. The fourth-order valence-corrected chi connectivity index (χ4v) is 2.74. The Bertz CT molecular complexity index is 744. The van der Waals surface area contributed by atoms with E-state index in [9.17, 15) is 18.0 Å². The summed E-state index contributed by atoms with van der Waals surface area (Å²) in [7, 11) is 0. The summed E-state index contributed by atoms with van der Waals surface area (Å²) < 4.78 is 43.1. The number of carbonyl (C=O) groups is 1. The van der Waals surface area contributed by atoms with Crippen molar-refractivity contribution in [1.82, 2.24) is 4.90 Å². The lowest BCUT2D eigenvalue weighted by atomic mass is 10.1. The Labute approximate surface area is 143 Å². The molecule has 1 atom stereocenters. The summed E-state index contributed by atoms with van der Waals surface area (Å²) in [6.45, 7) is 1.90. The van der Waals surface area contributed by atoms with E-state index in [1.165, 1.54) is 24.3 Å². The van der Waals surface area contributed by atoms with E-state index in [0.717, 1.165) is 25.0 Å². The van der Waals surface area contributed by atoms with Gasteiger partial charge in [0.25, 0.3) is 0 Å². The SMILES string of the molecule is CC(c1ccco1)N(C(=O)/C=C/c1ccc(C(F)(F)F)cc1)C1CC1. The third kappa shape index (κ3) is 4.13. The van der Waals surface area contributed by atoms with Gasteiger partial charge in [0.05, 0.1) is 17.9 Å². The fraction of sp³-hybridized carbons (Fsp3) is 0.316. The van der Waals surface area contributed by atoms with Gasteiger partial charge in [-0.3, -0.25) is 4.79 Å². The van der Waals surface area contributed by atoms with Crippen LogP contribution >= 0.6 is 0 Å². The Morgan fingerprint density at radius 1 is 1.24 bits per heavy atom. The summed E-state index contributed by atoms with van der Waals surface area (Å²) in [6.07, 6.45) is 2.04. The lowest BCUT2D eigenvalue weighted by molar-refractivity contribution is -0.137. The molecule has 0 bridgehead atoms. The topological polar surface area (TPSA) is 33.5 Å². The summed E-state index contributed by atoms with van der Waals surface area (Å²) >= 11 is 0. The Morgan fingerprint density at radius 2 is 1.92 bits per heavy atom. The van der Waals surface area contributed by atoms with Gasteiger partial charge in [0.2, 0.25) is 5.91 Å². The quantitative estimate of drug-likeness (QED) is 0.707. The molecule has 1 fully saturated rings. The maximum absolute atomic E-state index is 12.6. The number of halogens is 3. The van der Waals surface area contributed by atoms with Crippen molar-refractivity contribution in [3.63, 3.8) is 0 Å². The second-order valence-corrected chi connectivity index (χ2v) is 6.12. The zero-order valence-electron chi connectivity index (χ0n) is 13.7. The van der Waals surface area contributed by atoms with Crippen molar-refractivity contribution in [2.24, 2.45) is 0 Å². The Balaban J connectivity index is 1.72. The number of hydrogen-bond acceptors (Lipinski definition) is 2. The van der Waals surface area contributed by atoms with Gasteiger partial charge in [-0.25, -0.2) is 0 Å². The molecule has 1 aromatic heterocycles. The van der Waals surface area contributed by atoms with Gasteiger partial charge < -0.3 is 9.32 Å². The van der Waals surface area contributed by atoms with Crippen molar-refractivity contribution in [2.75, 3.05) is 0 Å². The van der Waals surface area contributed by atoms with Gasteiger partial charge >= 0.3 is 6.18 Å². The maximum atomic E-state index is 12.6. The van der Waals surface area contributed by atoms with Crippen molar-refractivity contribution < 1.29 is 22.4 Å². The number of amides is 1. The molecule has 0 saturated heterocycles. The summed E-state index contributed by atoms with van der Waals surface area (Å²) in [5.74, 6) is 0.537. The van der Waals surface area contributed by atoms with E-state index in [2.05, 4.69) is 0 Å². The molecule has 3 nitrogen and oxygen atoms in total. The molecular weight excluding hydrogens is 331 g/mol. The van der Waals surface area contributed by atoms with Crippen LogP contribution in [0.2, 0.25) is 0 Å². The van der Waals surface area contributed by atoms with Gasteiger partial charge in [-0.15, -0.1) is 0 Å². The molecule has 0 radical (unpaired) electrons. The molecule has 6 heteroatoms. The minimum absolute atomic E-state index is 0.175. The molecule has 25 heavy (non-hydrogen) atoms. The summed E-state index contributed by atoms with van der Waals surface area (Å²) in [5.41, 5.74) is -0.162. The predicted molar refractivity (Wildman–Crippen MR) is 87.5 cm³/mol. The van der Waals surface area contributed by atoms with E-state index < -0.39 is 11.7 Å². The van der Waals surface area contributed by atoms with Crippen LogP contribution in [0.15, 0.2) is 53.2 Å².